The van der Waals surface area contributed by atoms with Crippen LogP contribution in [0.4, 0.5) is 10.5 Å². The number of carbonyl (C=O) groups is 2. The number of methoxy groups -OCH3 is 1. The third-order valence-electron chi connectivity index (χ3n) is 7.65. The van der Waals surface area contributed by atoms with Crippen LogP contribution in [-0.4, -0.2) is 63.5 Å². The number of nitrogens with one attached hydrogen (secondary N) is 2. The van der Waals surface area contributed by atoms with Crippen LogP contribution in [0.3, 0.4) is 0 Å². The molecule has 0 bridgehead atoms. The van der Waals surface area contributed by atoms with E-state index in [0.29, 0.717) is 36.4 Å². The summed E-state index contributed by atoms with van der Waals surface area (Å²) in [4.78, 5) is 27.1. The number of nitrogens with two attached hydrogens (primary N) is 1. The number of hydrogen-bond donors (Lipinski definition) is 4. The van der Waals surface area contributed by atoms with Crippen molar-refractivity contribution in [2.24, 2.45) is 5.92 Å². The number of rotatable bonds is 16. The number of aliphatic hydroxyl groups excluding tert-OH is 1. The highest BCUT2D eigenvalue weighted by Crippen LogP contribution is 2.29. The average Bonchev–Trinajstić information content (AvgIpc) is 3.02. The van der Waals surface area contributed by atoms with Crippen molar-refractivity contribution in [3.05, 3.63) is 96.1 Å². The molecule has 0 heterocycles. The Morgan fingerprint density at radius 1 is 0.956 bits per heavy atom. The molecule has 0 radical (unpaired) electrons. The minimum absolute atomic E-state index is 0.152. The Morgan fingerprint density at radius 2 is 1.51 bits per heavy atom. The van der Waals surface area contributed by atoms with Crippen LogP contribution in [0.15, 0.2) is 89.8 Å². The molecule has 0 saturated carbocycles. The van der Waals surface area contributed by atoms with E-state index < -0.39 is 34.6 Å². The molecule has 3 unspecified atom stereocenters. The smallest absolute Gasteiger partial charge is 0.407 e. The molecule has 45 heavy (non-hydrogen) atoms. The number of nitrogen functional groups attached to an aromatic ring is 1. The van der Waals surface area contributed by atoms with Crippen molar-refractivity contribution >= 4 is 28.7 Å². The monoisotopic (exact) mass is 636 g/mol. The Bertz CT molecular complexity index is 1330. The fourth-order valence-corrected chi connectivity index (χ4v) is 6.91. The van der Waals surface area contributed by atoms with E-state index in [0.717, 1.165) is 11.1 Å². The molecule has 9 nitrogen and oxygen atoms in total. The first kappa shape index (κ1) is 35.7. The minimum atomic E-state index is -1.47. The molecule has 0 fully saturated rings. The van der Waals surface area contributed by atoms with Gasteiger partial charge in [0.15, 0.2) is 0 Å². The molecular formula is C35H48N4O5S. The fraction of sp³-hybridized carbons (Fsp3) is 0.429. The summed E-state index contributed by atoms with van der Waals surface area (Å²) in [7, 11) is -0.200. The molecule has 10 heteroatoms. The molecule has 0 aliphatic rings. The summed E-state index contributed by atoms with van der Waals surface area (Å²) in [5, 5.41) is 16.3. The lowest BCUT2D eigenvalue weighted by molar-refractivity contribution is -0.125. The number of nitrogens with zero attached hydrogens (tertiary/aromatic N) is 1. The van der Waals surface area contributed by atoms with Crippen molar-refractivity contribution in [1.82, 2.24) is 14.9 Å². The van der Waals surface area contributed by atoms with E-state index in [9.17, 15) is 18.9 Å². The van der Waals surface area contributed by atoms with Crippen molar-refractivity contribution < 1.29 is 23.6 Å². The molecule has 0 aliphatic carbocycles. The summed E-state index contributed by atoms with van der Waals surface area (Å²) < 4.78 is 20.3. The number of amides is 2. The van der Waals surface area contributed by atoms with Gasteiger partial charge in [-0.15, -0.1) is 0 Å². The Morgan fingerprint density at radius 3 is 2.00 bits per heavy atom. The van der Waals surface area contributed by atoms with Crippen LogP contribution in [0, 0.1) is 5.92 Å². The number of alkyl carbamates (subject to hydrolysis) is 1. The molecule has 5 N–H and O–H groups in total. The van der Waals surface area contributed by atoms with Crippen molar-refractivity contribution in [2.45, 2.75) is 75.4 Å². The highest BCUT2D eigenvalue weighted by atomic mass is 32.2. The largest absolute Gasteiger partial charge is 0.453 e. The zero-order valence-electron chi connectivity index (χ0n) is 26.9. The van der Waals surface area contributed by atoms with Crippen LogP contribution in [-0.2, 0) is 20.5 Å². The van der Waals surface area contributed by atoms with Crippen molar-refractivity contribution in [1.29, 1.82) is 0 Å². The number of hydrogen-bond acceptors (Lipinski definition) is 6. The molecule has 3 aromatic carbocycles. The van der Waals surface area contributed by atoms with E-state index in [2.05, 4.69) is 24.5 Å². The lowest BCUT2D eigenvalue weighted by Gasteiger charge is -2.34. The maximum Gasteiger partial charge on any atom is 0.407 e. The molecular weight excluding hydrogens is 588 g/mol. The minimum Gasteiger partial charge on any atom is -0.453 e. The van der Waals surface area contributed by atoms with Gasteiger partial charge in [-0.2, -0.15) is 0 Å². The normalized spacial score (nSPS) is 13.8. The molecule has 3 rings (SSSR count). The van der Waals surface area contributed by atoms with E-state index in [4.69, 9.17) is 10.5 Å². The quantitative estimate of drug-likeness (QED) is 0.159. The SMILES string of the molecule is COC(=O)NC(C(=O)NC(C)(C)CCCC(CO)N(CC(C)C)S(=O)c1ccc(N)cc1)C(c1ccccc1)c1ccccc1. The van der Waals surface area contributed by atoms with Crippen LogP contribution in [0.5, 0.6) is 0 Å². The van der Waals surface area contributed by atoms with E-state index in [1.165, 1.54) is 7.11 Å². The molecule has 0 aromatic heterocycles. The first-order valence-corrected chi connectivity index (χ1v) is 16.5. The number of anilines is 1. The summed E-state index contributed by atoms with van der Waals surface area (Å²) in [6, 6.07) is 24.9. The van der Waals surface area contributed by atoms with Gasteiger partial charge >= 0.3 is 6.09 Å². The van der Waals surface area contributed by atoms with Gasteiger partial charge in [0.1, 0.15) is 17.0 Å². The molecule has 244 valence electrons. The Kier molecular flexibility index (Phi) is 13.6. The summed E-state index contributed by atoms with van der Waals surface area (Å²) >= 11 is 0. The van der Waals surface area contributed by atoms with E-state index in [1.807, 2.05) is 78.8 Å². The van der Waals surface area contributed by atoms with Gasteiger partial charge in [0.25, 0.3) is 0 Å². The Hall–Kier alpha value is -3.73. The van der Waals surface area contributed by atoms with Crippen LogP contribution in [0.2, 0.25) is 0 Å². The molecule has 2 amide bonds. The Balaban J connectivity index is 1.77. The van der Waals surface area contributed by atoms with Gasteiger partial charge in [-0.3, -0.25) is 4.79 Å². The average molecular weight is 637 g/mol. The van der Waals surface area contributed by atoms with Crippen LogP contribution in [0.1, 0.15) is 64.0 Å². The summed E-state index contributed by atoms with van der Waals surface area (Å²) in [6.07, 6.45) is 1.12. The molecule has 3 aromatic rings. The maximum absolute atomic E-state index is 14.0. The maximum atomic E-state index is 14.0. The number of benzene rings is 3. The van der Waals surface area contributed by atoms with Crippen molar-refractivity contribution in [2.75, 3.05) is 26.0 Å². The molecule has 0 spiro atoms. The fourth-order valence-electron chi connectivity index (χ4n) is 5.40. The number of carbonyl (C=O) groups excluding carboxylic acids is 2. The summed E-state index contributed by atoms with van der Waals surface area (Å²) in [5.74, 6) is -0.574. The molecule has 0 aliphatic heterocycles. The topological polar surface area (TPSA) is 134 Å². The second-order valence-corrected chi connectivity index (χ2v) is 13.8. The zero-order valence-corrected chi connectivity index (χ0v) is 27.8. The van der Waals surface area contributed by atoms with Gasteiger partial charge in [-0.25, -0.2) is 13.3 Å². The van der Waals surface area contributed by atoms with Gasteiger partial charge in [0.2, 0.25) is 5.91 Å². The third-order valence-corrected chi connectivity index (χ3v) is 9.20. The molecule has 3 atom stereocenters. The van der Waals surface area contributed by atoms with Crippen LogP contribution >= 0.6 is 0 Å². The van der Waals surface area contributed by atoms with Gasteiger partial charge in [0, 0.05) is 29.7 Å². The number of aliphatic hydroxyl groups is 1. The highest BCUT2D eigenvalue weighted by molar-refractivity contribution is 7.82. The standard InChI is InChI=1S/C35H48N4O5S/c1-25(2)23-39(45(43)30-20-18-28(36)19-21-30)29(24-40)17-12-22-35(3,4)38-33(41)32(37-34(42)44-5)31(26-13-8-6-9-14-26)27-15-10-7-11-16-27/h6-11,13-16,18-21,25,29,31-32,40H,12,17,22-24,36H2,1-5H3,(H,37,42)(H,38,41). The predicted molar refractivity (Wildman–Crippen MR) is 180 cm³/mol. The van der Waals surface area contributed by atoms with Gasteiger partial charge in [-0.1, -0.05) is 74.5 Å². The second kappa shape index (κ2) is 17.1. The zero-order chi connectivity index (χ0) is 33.0. The number of ether oxygens (including phenoxy) is 1. The van der Waals surface area contributed by atoms with Crippen LogP contribution < -0.4 is 16.4 Å². The van der Waals surface area contributed by atoms with E-state index >= 15 is 0 Å². The van der Waals surface area contributed by atoms with Gasteiger partial charge in [-0.05, 0) is 74.4 Å². The van der Waals surface area contributed by atoms with E-state index in [1.54, 1.807) is 24.3 Å². The van der Waals surface area contributed by atoms with E-state index in [-0.39, 0.29) is 24.5 Å². The highest BCUT2D eigenvalue weighted by Gasteiger charge is 2.35. The first-order chi connectivity index (χ1) is 21.5. The summed E-state index contributed by atoms with van der Waals surface area (Å²) in [5.41, 5.74) is 7.53. The second-order valence-electron chi connectivity index (χ2n) is 12.3. The van der Waals surface area contributed by atoms with Gasteiger partial charge in [0.05, 0.1) is 18.6 Å². The van der Waals surface area contributed by atoms with Crippen molar-refractivity contribution in [3.63, 3.8) is 0 Å². The Labute approximate surface area is 270 Å². The van der Waals surface area contributed by atoms with Crippen molar-refractivity contribution in [3.8, 4) is 0 Å². The lowest BCUT2D eigenvalue weighted by Crippen LogP contribution is -2.55. The van der Waals surface area contributed by atoms with Crippen LogP contribution in [0.25, 0.3) is 0 Å². The lowest BCUT2D eigenvalue weighted by atomic mass is 9.84. The third kappa shape index (κ3) is 10.7. The first-order valence-electron chi connectivity index (χ1n) is 15.4. The predicted octanol–water partition coefficient (Wildman–Crippen LogP) is 5.23. The molecule has 0 saturated heterocycles. The summed E-state index contributed by atoms with van der Waals surface area (Å²) in [6.45, 7) is 8.37. The van der Waals surface area contributed by atoms with Gasteiger partial charge < -0.3 is 26.2 Å².